The number of unbranched alkanes of at least 4 members (excludes halogenated alkanes) is 40. The van der Waals surface area contributed by atoms with E-state index in [1.54, 1.807) is 6.08 Å². The fraction of sp³-hybridized carbons (Fsp3) is 0.850. The van der Waals surface area contributed by atoms with Crippen molar-refractivity contribution < 1.29 is 15.0 Å². The molecule has 0 spiro atoms. The van der Waals surface area contributed by atoms with E-state index in [9.17, 15) is 15.0 Å². The van der Waals surface area contributed by atoms with Crippen LogP contribution in [0.1, 0.15) is 309 Å². The number of aliphatic hydroxyl groups excluding tert-OH is 2. The van der Waals surface area contributed by atoms with Gasteiger partial charge in [-0.3, -0.25) is 4.79 Å². The van der Waals surface area contributed by atoms with E-state index < -0.39 is 12.1 Å². The fourth-order valence-corrected chi connectivity index (χ4v) is 8.87. The summed E-state index contributed by atoms with van der Waals surface area (Å²) in [5.74, 6) is -0.0706. The molecule has 0 aromatic heterocycles. The normalized spacial score (nSPS) is 13.1. The van der Waals surface area contributed by atoms with Crippen molar-refractivity contribution in [2.24, 2.45) is 0 Å². The molecule has 1 amide bonds. The molecule has 0 saturated heterocycles. The highest BCUT2D eigenvalue weighted by molar-refractivity contribution is 5.76. The maximum atomic E-state index is 12.5. The van der Waals surface area contributed by atoms with Gasteiger partial charge in [0.25, 0.3) is 0 Å². The standard InChI is InChI=1S/C60H113NO3/c1-3-5-7-9-11-13-15-17-19-21-22-23-24-25-26-27-28-29-30-31-32-33-34-35-36-37-38-40-42-44-46-48-50-52-54-56-60(64)61-58(57-62)59(63)55-53-51-49-47-45-43-41-39-20-18-16-14-12-10-8-6-4-2/h24-25,27-28,45,47,53,55,58-59,62-63H,3-23,26,29-44,46,48-52,54,56-57H2,1-2H3,(H,61,64)/b25-24-,28-27-,47-45+,55-53+. The summed E-state index contributed by atoms with van der Waals surface area (Å²) in [5, 5.41) is 23.1. The molecule has 0 rings (SSSR count). The summed E-state index contributed by atoms with van der Waals surface area (Å²) in [4.78, 5) is 12.5. The van der Waals surface area contributed by atoms with Crippen molar-refractivity contribution in [3.05, 3.63) is 48.6 Å². The molecular formula is C60H113NO3. The molecule has 376 valence electrons. The number of nitrogens with one attached hydrogen (secondary N) is 1. The molecule has 0 fully saturated rings. The van der Waals surface area contributed by atoms with Gasteiger partial charge in [-0.15, -0.1) is 0 Å². The third-order valence-corrected chi connectivity index (χ3v) is 13.3. The summed E-state index contributed by atoms with van der Waals surface area (Å²) < 4.78 is 0. The average Bonchev–Trinajstić information content (AvgIpc) is 3.30. The molecule has 0 bridgehead atoms. The van der Waals surface area contributed by atoms with Gasteiger partial charge in [-0.05, 0) is 64.2 Å². The van der Waals surface area contributed by atoms with Crippen LogP contribution in [0.15, 0.2) is 48.6 Å². The molecule has 0 aromatic rings. The first-order valence-electron chi connectivity index (χ1n) is 28.9. The van der Waals surface area contributed by atoms with Gasteiger partial charge in [0.2, 0.25) is 5.91 Å². The molecule has 0 aliphatic heterocycles. The number of carbonyl (C=O) groups is 1. The molecule has 0 aliphatic carbocycles. The average molecular weight is 897 g/mol. The zero-order valence-corrected chi connectivity index (χ0v) is 43.3. The number of allylic oxidation sites excluding steroid dienone is 7. The smallest absolute Gasteiger partial charge is 0.220 e. The summed E-state index contributed by atoms with van der Waals surface area (Å²) in [6.45, 7) is 4.32. The van der Waals surface area contributed by atoms with E-state index in [-0.39, 0.29) is 12.5 Å². The van der Waals surface area contributed by atoms with E-state index in [0.717, 1.165) is 38.5 Å². The molecular weight excluding hydrogens is 783 g/mol. The molecule has 0 aliphatic rings. The van der Waals surface area contributed by atoms with Crippen LogP contribution >= 0.6 is 0 Å². The molecule has 0 aromatic carbocycles. The Hall–Kier alpha value is -1.65. The van der Waals surface area contributed by atoms with E-state index in [0.29, 0.717) is 6.42 Å². The van der Waals surface area contributed by atoms with Gasteiger partial charge in [0.1, 0.15) is 0 Å². The lowest BCUT2D eigenvalue weighted by Gasteiger charge is -2.19. The first kappa shape index (κ1) is 62.4. The highest BCUT2D eigenvalue weighted by Crippen LogP contribution is 2.17. The van der Waals surface area contributed by atoms with Gasteiger partial charge in [0.05, 0.1) is 18.8 Å². The van der Waals surface area contributed by atoms with Crippen molar-refractivity contribution in [3.8, 4) is 0 Å². The van der Waals surface area contributed by atoms with Crippen LogP contribution < -0.4 is 5.32 Å². The van der Waals surface area contributed by atoms with Crippen molar-refractivity contribution in [2.45, 2.75) is 321 Å². The molecule has 2 unspecified atom stereocenters. The third-order valence-electron chi connectivity index (χ3n) is 13.3. The van der Waals surface area contributed by atoms with Crippen molar-refractivity contribution >= 4 is 5.91 Å². The number of amides is 1. The third kappa shape index (κ3) is 51.3. The summed E-state index contributed by atoms with van der Waals surface area (Å²) in [7, 11) is 0. The Balaban J connectivity index is 3.47. The Kier molecular flexibility index (Phi) is 54.2. The lowest BCUT2D eigenvalue weighted by atomic mass is 10.0. The number of hydrogen-bond acceptors (Lipinski definition) is 3. The SMILES string of the molecule is CCCCCCCCCCCCC/C=C\C/C=C\CCCCCCCCCCCCCCCCCCCC(=O)NC(CO)C(O)/C=C/CC/C=C/CCCCCCCCCCCCC. The monoisotopic (exact) mass is 896 g/mol. The zero-order valence-electron chi connectivity index (χ0n) is 43.3. The van der Waals surface area contributed by atoms with Crippen LogP contribution in [0.4, 0.5) is 0 Å². The summed E-state index contributed by atoms with van der Waals surface area (Å²) in [5.41, 5.74) is 0. The fourth-order valence-electron chi connectivity index (χ4n) is 8.87. The molecule has 0 heterocycles. The van der Waals surface area contributed by atoms with Crippen LogP contribution in [0, 0.1) is 0 Å². The quantitative estimate of drug-likeness (QED) is 0.0421. The Morgan fingerprint density at radius 2 is 0.656 bits per heavy atom. The molecule has 3 N–H and O–H groups in total. The van der Waals surface area contributed by atoms with Crippen LogP contribution in [-0.4, -0.2) is 34.9 Å². The van der Waals surface area contributed by atoms with Crippen LogP contribution in [0.3, 0.4) is 0 Å². The van der Waals surface area contributed by atoms with E-state index in [1.165, 1.54) is 250 Å². The lowest BCUT2D eigenvalue weighted by Crippen LogP contribution is -2.45. The topological polar surface area (TPSA) is 69.6 Å². The summed E-state index contributed by atoms with van der Waals surface area (Å²) in [6.07, 6.45) is 77.2. The van der Waals surface area contributed by atoms with Gasteiger partial charge in [-0.25, -0.2) is 0 Å². The van der Waals surface area contributed by atoms with Gasteiger partial charge in [0.15, 0.2) is 0 Å². The molecule has 2 atom stereocenters. The zero-order chi connectivity index (χ0) is 46.3. The summed E-state index contributed by atoms with van der Waals surface area (Å²) >= 11 is 0. The van der Waals surface area contributed by atoms with Crippen molar-refractivity contribution in [2.75, 3.05) is 6.61 Å². The van der Waals surface area contributed by atoms with Crippen LogP contribution in [0.2, 0.25) is 0 Å². The predicted octanol–water partition coefficient (Wildman–Crippen LogP) is 19.0. The molecule has 0 saturated carbocycles. The molecule has 0 radical (unpaired) electrons. The van der Waals surface area contributed by atoms with Crippen LogP contribution in [-0.2, 0) is 4.79 Å². The first-order chi connectivity index (χ1) is 31.7. The highest BCUT2D eigenvalue weighted by atomic mass is 16.3. The maximum Gasteiger partial charge on any atom is 0.220 e. The molecule has 4 nitrogen and oxygen atoms in total. The lowest BCUT2D eigenvalue weighted by molar-refractivity contribution is -0.123. The Morgan fingerprint density at radius 1 is 0.375 bits per heavy atom. The largest absolute Gasteiger partial charge is 0.394 e. The predicted molar refractivity (Wildman–Crippen MR) is 285 cm³/mol. The number of hydrogen-bond donors (Lipinski definition) is 3. The van der Waals surface area contributed by atoms with Gasteiger partial charge < -0.3 is 15.5 Å². The van der Waals surface area contributed by atoms with Gasteiger partial charge >= 0.3 is 0 Å². The number of aliphatic hydroxyl groups is 2. The van der Waals surface area contributed by atoms with E-state index in [4.69, 9.17) is 0 Å². The Bertz CT molecular complexity index is 1020. The Labute approximate surface area is 401 Å². The van der Waals surface area contributed by atoms with Gasteiger partial charge in [-0.1, -0.05) is 287 Å². The number of carbonyl (C=O) groups excluding carboxylic acids is 1. The maximum absolute atomic E-state index is 12.5. The minimum atomic E-state index is -0.862. The van der Waals surface area contributed by atoms with Crippen molar-refractivity contribution in [3.63, 3.8) is 0 Å². The highest BCUT2D eigenvalue weighted by Gasteiger charge is 2.18. The number of rotatable bonds is 53. The van der Waals surface area contributed by atoms with E-state index >= 15 is 0 Å². The second kappa shape index (κ2) is 55.7. The van der Waals surface area contributed by atoms with Gasteiger partial charge in [-0.2, -0.15) is 0 Å². The van der Waals surface area contributed by atoms with E-state index in [2.05, 4.69) is 55.6 Å². The van der Waals surface area contributed by atoms with Crippen molar-refractivity contribution in [1.82, 2.24) is 5.32 Å². The van der Waals surface area contributed by atoms with Crippen LogP contribution in [0.25, 0.3) is 0 Å². The second-order valence-electron chi connectivity index (χ2n) is 19.7. The first-order valence-corrected chi connectivity index (χ1v) is 28.9. The van der Waals surface area contributed by atoms with Crippen molar-refractivity contribution in [1.29, 1.82) is 0 Å². The second-order valence-corrected chi connectivity index (χ2v) is 19.7. The molecule has 64 heavy (non-hydrogen) atoms. The minimum absolute atomic E-state index is 0.0706. The van der Waals surface area contributed by atoms with E-state index in [1.807, 2.05) is 6.08 Å². The van der Waals surface area contributed by atoms with Gasteiger partial charge in [0, 0.05) is 6.42 Å². The van der Waals surface area contributed by atoms with Crippen LogP contribution in [0.5, 0.6) is 0 Å². The molecule has 4 heteroatoms. The summed E-state index contributed by atoms with van der Waals surface area (Å²) in [6, 6.07) is -0.639. The minimum Gasteiger partial charge on any atom is -0.394 e. The Morgan fingerprint density at radius 3 is 1.00 bits per heavy atom.